The fourth-order valence-electron chi connectivity index (χ4n) is 3.22. The fraction of sp³-hybridized carbons (Fsp3) is 0.625. The van der Waals surface area contributed by atoms with Crippen LogP contribution in [-0.4, -0.2) is 55.6 Å². The summed E-state index contributed by atoms with van der Waals surface area (Å²) in [6.45, 7) is 6.11. The maximum absolute atomic E-state index is 3.57. The minimum Gasteiger partial charge on any atom is -0.383 e. The molecule has 3 heteroatoms. The fourth-order valence-corrected chi connectivity index (χ4v) is 3.22. The SMILES string of the molecule is CN(CCN1CCCC1)C1CNc2ccccc2C1. The quantitative estimate of drug-likeness (QED) is 0.893. The van der Waals surface area contributed by atoms with Gasteiger partial charge in [0.25, 0.3) is 0 Å². The highest BCUT2D eigenvalue weighted by atomic mass is 15.2. The Kier molecular flexibility index (Phi) is 4.04. The summed E-state index contributed by atoms with van der Waals surface area (Å²) >= 11 is 0. The van der Waals surface area contributed by atoms with Crippen LogP contribution in [0.5, 0.6) is 0 Å². The molecule has 2 aliphatic rings. The van der Waals surface area contributed by atoms with Crippen LogP contribution in [0.2, 0.25) is 0 Å². The zero-order chi connectivity index (χ0) is 13.1. The molecular formula is C16H25N3. The van der Waals surface area contributed by atoms with Gasteiger partial charge in [0, 0.05) is 31.4 Å². The van der Waals surface area contributed by atoms with Crippen LogP contribution < -0.4 is 5.32 Å². The first-order valence-corrected chi connectivity index (χ1v) is 7.57. The number of likely N-dealkylation sites (N-methyl/N-ethyl adjacent to an activating group) is 1. The van der Waals surface area contributed by atoms with E-state index in [4.69, 9.17) is 0 Å². The lowest BCUT2D eigenvalue weighted by molar-refractivity contribution is 0.208. The Morgan fingerprint density at radius 1 is 1.26 bits per heavy atom. The van der Waals surface area contributed by atoms with E-state index in [1.807, 2.05) is 0 Å². The molecule has 1 unspecified atom stereocenters. The number of hydrogen-bond donors (Lipinski definition) is 1. The number of benzene rings is 1. The average molecular weight is 259 g/mol. The lowest BCUT2D eigenvalue weighted by atomic mass is 9.99. The third-order valence-electron chi connectivity index (χ3n) is 4.59. The van der Waals surface area contributed by atoms with Crippen LogP contribution in [0.3, 0.4) is 0 Å². The van der Waals surface area contributed by atoms with E-state index in [2.05, 4.69) is 46.4 Å². The summed E-state index contributed by atoms with van der Waals surface area (Å²) in [5.74, 6) is 0. The van der Waals surface area contributed by atoms with E-state index >= 15 is 0 Å². The van der Waals surface area contributed by atoms with E-state index in [1.165, 1.54) is 56.7 Å². The number of fused-ring (bicyclic) bond motifs is 1. The van der Waals surface area contributed by atoms with Gasteiger partial charge < -0.3 is 15.1 Å². The molecule has 3 rings (SSSR count). The predicted molar refractivity (Wildman–Crippen MR) is 80.7 cm³/mol. The van der Waals surface area contributed by atoms with Crippen LogP contribution >= 0.6 is 0 Å². The van der Waals surface area contributed by atoms with Crippen LogP contribution in [0.25, 0.3) is 0 Å². The molecule has 19 heavy (non-hydrogen) atoms. The first kappa shape index (κ1) is 12.9. The molecule has 0 aliphatic carbocycles. The second kappa shape index (κ2) is 5.93. The Labute approximate surface area is 116 Å². The number of anilines is 1. The van der Waals surface area contributed by atoms with Crippen molar-refractivity contribution in [2.24, 2.45) is 0 Å². The first-order valence-electron chi connectivity index (χ1n) is 7.57. The van der Waals surface area contributed by atoms with Crippen molar-refractivity contribution in [2.45, 2.75) is 25.3 Å². The van der Waals surface area contributed by atoms with Crippen molar-refractivity contribution >= 4 is 5.69 Å². The average Bonchev–Trinajstić information content (AvgIpc) is 2.97. The summed E-state index contributed by atoms with van der Waals surface area (Å²) in [5, 5.41) is 3.57. The smallest absolute Gasteiger partial charge is 0.0373 e. The maximum atomic E-state index is 3.57. The van der Waals surface area contributed by atoms with Crippen LogP contribution in [0.15, 0.2) is 24.3 Å². The molecule has 104 valence electrons. The van der Waals surface area contributed by atoms with Crippen molar-refractivity contribution in [1.82, 2.24) is 9.80 Å². The van der Waals surface area contributed by atoms with E-state index in [1.54, 1.807) is 0 Å². The van der Waals surface area contributed by atoms with Gasteiger partial charge in [-0.3, -0.25) is 0 Å². The van der Waals surface area contributed by atoms with Gasteiger partial charge in [0.1, 0.15) is 0 Å². The Morgan fingerprint density at radius 3 is 2.89 bits per heavy atom. The van der Waals surface area contributed by atoms with Crippen LogP contribution in [-0.2, 0) is 6.42 Å². The van der Waals surface area contributed by atoms with E-state index < -0.39 is 0 Å². The third-order valence-corrected chi connectivity index (χ3v) is 4.59. The van der Waals surface area contributed by atoms with Gasteiger partial charge in [-0.15, -0.1) is 0 Å². The van der Waals surface area contributed by atoms with Gasteiger partial charge in [-0.05, 0) is 51.0 Å². The highest BCUT2D eigenvalue weighted by molar-refractivity contribution is 5.53. The van der Waals surface area contributed by atoms with Crippen molar-refractivity contribution in [3.8, 4) is 0 Å². The van der Waals surface area contributed by atoms with Crippen LogP contribution in [0, 0.1) is 0 Å². The van der Waals surface area contributed by atoms with E-state index in [0.29, 0.717) is 6.04 Å². The summed E-state index contributed by atoms with van der Waals surface area (Å²) in [6.07, 6.45) is 3.96. The maximum Gasteiger partial charge on any atom is 0.0373 e. The molecule has 0 spiro atoms. The topological polar surface area (TPSA) is 18.5 Å². The second-order valence-electron chi connectivity index (χ2n) is 5.93. The summed E-state index contributed by atoms with van der Waals surface area (Å²) < 4.78 is 0. The number of hydrogen-bond acceptors (Lipinski definition) is 3. The Hall–Kier alpha value is -1.06. The lowest BCUT2D eigenvalue weighted by Gasteiger charge is -2.34. The highest BCUT2D eigenvalue weighted by Crippen LogP contribution is 2.23. The van der Waals surface area contributed by atoms with Gasteiger partial charge in [-0.25, -0.2) is 0 Å². The zero-order valence-corrected chi connectivity index (χ0v) is 11.9. The molecule has 1 N–H and O–H groups in total. The summed E-state index contributed by atoms with van der Waals surface area (Å²) in [4.78, 5) is 5.13. The van der Waals surface area contributed by atoms with Gasteiger partial charge in [-0.1, -0.05) is 18.2 Å². The number of likely N-dealkylation sites (tertiary alicyclic amines) is 1. The molecule has 0 amide bonds. The van der Waals surface area contributed by atoms with Crippen molar-refractivity contribution < 1.29 is 0 Å². The Balaban J connectivity index is 1.52. The van der Waals surface area contributed by atoms with Gasteiger partial charge in [0.05, 0.1) is 0 Å². The molecular weight excluding hydrogens is 234 g/mol. The van der Waals surface area contributed by atoms with Crippen LogP contribution in [0.1, 0.15) is 18.4 Å². The Morgan fingerprint density at radius 2 is 2.05 bits per heavy atom. The number of rotatable bonds is 4. The lowest BCUT2D eigenvalue weighted by Crippen LogP contribution is -2.44. The molecule has 1 fully saturated rings. The van der Waals surface area contributed by atoms with Crippen molar-refractivity contribution in [3.63, 3.8) is 0 Å². The first-order chi connectivity index (χ1) is 9.33. The van der Waals surface area contributed by atoms with E-state index in [-0.39, 0.29) is 0 Å². The summed E-state index contributed by atoms with van der Waals surface area (Å²) in [7, 11) is 2.27. The van der Waals surface area contributed by atoms with Gasteiger partial charge in [0.2, 0.25) is 0 Å². The monoisotopic (exact) mass is 259 g/mol. The molecule has 1 aromatic carbocycles. The minimum absolute atomic E-state index is 0.637. The molecule has 0 bridgehead atoms. The normalized spacial score (nSPS) is 23.4. The number of nitrogens with zero attached hydrogens (tertiary/aromatic N) is 2. The Bertz CT molecular complexity index is 412. The molecule has 2 aliphatic heterocycles. The summed E-state index contributed by atoms with van der Waals surface area (Å²) in [6, 6.07) is 9.34. The van der Waals surface area contributed by atoms with Crippen molar-refractivity contribution in [3.05, 3.63) is 29.8 Å². The number of nitrogens with one attached hydrogen (secondary N) is 1. The molecule has 3 nitrogen and oxygen atoms in total. The van der Waals surface area contributed by atoms with Gasteiger partial charge in [-0.2, -0.15) is 0 Å². The van der Waals surface area contributed by atoms with Gasteiger partial charge in [0.15, 0.2) is 0 Å². The molecule has 0 radical (unpaired) electrons. The standard InChI is InChI=1S/C16H25N3/c1-18(10-11-19-8-4-5-9-19)15-12-14-6-2-3-7-16(14)17-13-15/h2-3,6-7,15,17H,4-5,8-13H2,1H3. The molecule has 2 heterocycles. The predicted octanol–water partition coefficient (Wildman–Crippen LogP) is 2.05. The minimum atomic E-state index is 0.637. The largest absolute Gasteiger partial charge is 0.383 e. The van der Waals surface area contributed by atoms with Crippen LogP contribution in [0.4, 0.5) is 5.69 Å². The molecule has 1 atom stereocenters. The van der Waals surface area contributed by atoms with Gasteiger partial charge >= 0.3 is 0 Å². The molecule has 0 aromatic heterocycles. The molecule has 1 aromatic rings. The molecule has 1 saturated heterocycles. The van der Waals surface area contributed by atoms with Crippen molar-refractivity contribution in [1.29, 1.82) is 0 Å². The van der Waals surface area contributed by atoms with Crippen molar-refractivity contribution in [2.75, 3.05) is 45.1 Å². The molecule has 0 saturated carbocycles. The summed E-state index contributed by atoms with van der Waals surface area (Å²) in [5.41, 5.74) is 2.79. The van der Waals surface area contributed by atoms with E-state index in [0.717, 1.165) is 6.54 Å². The highest BCUT2D eigenvalue weighted by Gasteiger charge is 2.22. The van der Waals surface area contributed by atoms with E-state index in [9.17, 15) is 0 Å². The zero-order valence-electron chi connectivity index (χ0n) is 11.9. The third kappa shape index (κ3) is 3.10. The number of para-hydroxylation sites is 1. The second-order valence-corrected chi connectivity index (χ2v) is 5.93.